The molecule has 1 amide bonds. The lowest BCUT2D eigenvalue weighted by atomic mass is 9.95. The zero-order valence-corrected chi connectivity index (χ0v) is 13.8. The van der Waals surface area contributed by atoms with Crippen molar-refractivity contribution in [2.75, 3.05) is 32.7 Å². The first kappa shape index (κ1) is 16.0. The van der Waals surface area contributed by atoms with E-state index in [1.165, 1.54) is 6.54 Å². The highest BCUT2D eigenvalue weighted by Crippen LogP contribution is 2.24. The molecule has 1 aliphatic rings. The van der Waals surface area contributed by atoms with Crippen LogP contribution >= 0.6 is 15.9 Å². The fourth-order valence-corrected chi connectivity index (χ4v) is 2.79. The topological polar surface area (TPSA) is 23.6 Å². The Morgan fingerprint density at radius 1 is 1.28 bits per heavy atom. The van der Waals surface area contributed by atoms with E-state index in [-0.39, 0.29) is 5.91 Å². The van der Waals surface area contributed by atoms with Crippen LogP contribution in [0.5, 0.6) is 0 Å². The van der Waals surface area contributed by atoms with Gasteiger partial charge in [0.15, 0.2) is 0 Å². The van der Waals surface area contributed by atoms with Gasteiger partial charge in [-0.15, -0.1) is 0 Å². The first-order valence-electron chi connectivity index (χ1n) is 7.09. The van der Waals surface area contributed by atoms with Gasteiger partial charge in [-0.1, -0.05) is 29.8 Å². The molecule has 106 valence electrons. The average Bonchev–Trinajstić information content (AvgIpc) is 2.34. The second-order valence-corrected chi connectivity index (χ2v) is 7.68. The minimum atomic E-state index is -0.418. The number of alkyl halides is 1. The molecule has 4 heteroatoms. The summed E-state index contributed by atoms with van der Waals surface area (Å²) in [4.78, 5) is 16.6. The van der Waals surface area contributed by atoms with Crippen molar-refractivity contribution in [1.82, 2.24) is 9.80 Å². The number of rotatable bonds is 5. The minimum absolute atomic E-state index is 0.226. The Morgan fingerprint density at radius 3 is 2.17 bits per heavy atom. The number of hydrogen-bond donors (Lipinski definition) is 0. The largest absolute Gasteiger partial charge is 0.341 e. The van der Waals surface area contributed by atoms with Gasteiger partial charge in [0.2, 0.25) is 5.91 Å². The molecule has 0 spiro atoms. The predicted octanol–water partition coefficient (Wildman–Crippen LogP) is 2.74. The van der Waals surface area contributed by atoms with Crippen molar-refractivity contribution in [3.05, 3.63) is 0 Å². The van der Waals surface area contributed by atoms with E-state index in [1.807, 2.05) is 18.7 Å². The Labute approximate surface area is 120 Å². The molecule has 18 heavy (non-hydrogen) atoms. The number of nitrogens with zero attached hydrogens (tertiary/aromatic N) is 2. The number of amides is 1. The maximum absolute atomic E-state index is 12.1. The summed E-state index contributed by atoms with van der Waals surface area (Å²) in [5.41, 5.74) is 0. The number of halogens is 1. The summed E-state index contributed by atoms with van der Waals surface area (Å²) in [5, 5.41) is 0. The van der Waals surface area contributed by atoms with Crippen LogP contribution in [0.25, 0.3) is 0 Å². The van der Waals surface area contributed by atoms with Crippen LogP contribution in [0.3, 0.4) is 0 Å². The van der Waals surface area contributed by atoms with E-state index in [1.54, 1.807) is 0 Å². The average molecular weight is 319 g/mol. The van der Waals surface area contributed by atoms with Crippen molar-refractivity contribution in [3.8, 4) is 0 Å². The van der Waals surface area contributed by atoms with E-state index in [4.69, 9.17) is 0 Å². The molecule has 3 nitrogen and oxygen atoms in total. The monoisotopic (exact) mass is 318 g/mol. The first-order chi connectivity index (χ1) is 8.38. The molecule has 0 saturated carbocycles. The Balaban J connectivity index is 2.39. The van der Waals surface area contributed by atoms with Crippen molar-refractivity contribution in [1.29, 1.82) is 0 Å². The molecule has 1 heterocycles. The lowest BCUT2D eigenvalue weighted by molar-refractivity contribution is -0.134. The Hall–Kier alpha value is -0.0900. The first-order valence-corrected chi connectivity index (χ1v) is 7.88. The highest BCUT2D eigenvalue weighted by atomic mass is 79.9. The van der Waals surface area contributed by atoms with Crippen LogP contribution in [0, 0.1) is 5.92 Å². The van der Waals surface area contributed by atoms with E-state index in [0.717, 1.165) is 44.9 Å². The third-order valence-corrected chi connectivity index (χ3v) is 4.16. The van der Waals surface area contributed by atoms with Crippen LogP contribution in [0.2, 0.25) is 0 Å². The van der Waals surface area contributed by atoms with Crippen molar-refractivity contribution < 1.29 is 4.79 Å². The smallest absolute Gasteiger partial charge is 0.238 e. The Bertz CT molecular complexity index is 263. The standard InChI is InChI=1S/C14H27BrN2O/c1-5-16(6-2)11-12-7-9-17(10-8-12)13(18)14(3,4)15/h12H,5-11H2,1-4H3. The van der Waals surface area contributed by atoms with Crippen molar-refractivity contribution in [3.63, 3.8) is 0 Å². The normalized spacial score (nSPS) is 18.4. The lowest BCUT2D eigenvalue weighted by Crippen LogP contribution is -2.47. The second-order valence-electron chi connectivity index (χ2n) is 5.69. The number of carbonyl (C=O) groups is 1. The van der Waals surface area contributed by atoms with Crippen molar-refractivity contribution in [2.45, 2.75) is 44.9 Å². The van der Waals surface area contributed by atoms with Gasteiger partial charge in [0.25, 0.3) is 0 Å². The van der Waals surface area contributed by atoms with Gasteiger partial charge in [0, 0.05) is 19.6 Å². The summed E-state index contributed by atoms with van der Waals surface area (Å²) in [6, 6.07) is 0. The zero-order valence-electron chi connectivity index (χ0n) is 12.2. The predicted molar refractivity (Wildman–Crippen MR) is 80.1 cm³/mol. The van der Waals surface area contributed by atoms with E-state index in [9.17, 15) is 4.79 Å². The van der Waals surface area contributed by atoms with Gasteiger partial charge in [-0.25, -0.2) is 0 Å². The number of piperidine rings is 1. The molecule has 0 atom stereocenters. The molecule has 1 fully saturated rings. The van der Waals surface area contributed by atoms with Crippen LogP contribution in [-0.4, -0.2) is 52.8 Å². The molecule has 0 N–H and O–H groups in total. The molecule has 0 radical (unpaired) electrons. The SMILES string of the molecule is CCN(CC)CC1CCN(C(=O)C(C)(C)Br)CC1. The summed E-state index contributed by atoms with van der Waals surface area (Å²) < 4.78 is -0.418. The summed E-state index contributed by atoms with van der Waals surface area (Å²) in [6.07, 6.45) is 2.29. The Morgan fingerprint density at radius 2 is 1.78 bits per heavy atom. The maximum atomic E-state index is 12.1. The van der Waals surface area contributed by atoms with Crippen LogP contribution in [0.4, 0.5) is 0 Å². The van der Waals surface area contributed by atoms with E-state index in [0.29, 0.717) is 0 Å². The molecule has 0 aromatic carbocycles. The van der Waals surface area contributed by atoms with E-state index in [2.05, 4.69) is 34.7 Å². The Kier molecular flexibility index (Phi) is 6.12. The van der Waals surface area contributed by atoms with Crippen LogP contribution in [-0.2, 0) is 4.79 Å². The molecule has 1 aliphatic heterocycles. The highest BCUT2D eigenvalue weighted by molar-refractivity contribution is 9.10. The summed E-state index contributed by atoms with van der Waals surface area (Å²) in [5.74, 6) is 0.983. The van der Waals surface area contributed by atoms with Crippen molar-refractivity contribution in [2.24, 2.45) is 5.92 Å². The van der Waals surface area contributed by atoms with Gasteiger partial charge in [0.1, 0.15) is 0 Å². The van der Waals surface area contributed by atoms with Gasteiger partial charge in [-0.2, -0.15) is 0 Å². The van der Waals surface area contributed by atoms with Gasteiger partial charge in [-0.3, -0.25) is 4.79 Å². The van der Waals surface area contributed by atoms with Crippen LogP contribution < -0.4 is 0 Å². The summed E-state index contributed by atoms with van der Waals surface area (Å²) >= 11 is 3.46. The third-order valence-electron chi connectivity index (χ3n) is 3.82. The van der Waals surface area contributed by atoms with Gasteiger partial charge in [-0.05, 0) is 45.7 Å². The molecule has 0 aromatic rings. The van der Waals surface area contributed by atoms with E-state index >= 15 is 0 Å². The molecule has 0 bridgehead atoms. The number of hydrogen-bond acceptors (Lipinski definition) is 2. The summed E-state index contributed by atoms with van der Waals surface area (Å²) in [7, 11) is 0. The van der Waals surface area contributed by atoms with Gasteiger partial charge in [0.05, 0.1) is 4.32 Å². The second kappa shape index (κ2) is 6.90. The quantitative estimate of drug-likeness (QED) is 0.728. The molecular formula is C14H27BrN2O. The number of carbonyl (C=O) groups excluding carboxylic acids is 1. The fraction of sp³-hybridized carbons (Fsp3) is 0.929. The molecule has 1 rings (SSSR count). The molecule has 0 aliphatic carbocycles. The fourth-order valence-electron chi connectivity index (χ4n) is 2.54. The maximum Gasteiger partial charge on any atom is 0.238 e. The zero-order chi connectivity index (χ0) is 13.8. The summed E-state index contributed by atoms with van der Waals surface area (Å²) in [6.45, 7) is 13.6. The third kappa shape index (κ3) is 4.54. The number of likely N-dealkylation sites (tertiary alicyclic amines) is 1. The van der Waals surface area contributed by atoms with Crippen molar-refractivity contribution >= 4 is 21.8 Å². The minimum Gasteiger partial charge on any atom is -0.341 e. The highest BCUT2D eigenvalue weighted by Gasteiger charge is 2.31. The van der Waals surface area contributed by atoms with Crippen LogP contribution in [0.1, 0.15) is 40.5 Å². The van der Waals surface area contributed by atoms with Gasteiger partial charge >= 0.3 is 0 Å². The van der Waals surface area contributed by atoms with E-state index < -0.39 is 4.32 Å². The molecule has 0 aromatic heterocycles. The lowest BCUT2D eigenvalue weighted by Gasteiger charge is -2.36. The van der Waals surface area contributed by atoms with Gasteiger partial charge < -0.3 is 9.80 Å². The molecular weight excluding hydrogens is 292 g/mol. The van der Waals surface area contributed by atoms with Crippen LogP contribution in [0.15, 0.2) is 0 Å². The molecule has 1 saturated heterocycles. The molecule has 0 unspecified atom stereocenters.